The van der Waals surface area contributed by atoms with Crippen LogP contribution in [-0.2, 0) is 11.2 Å². The first-order chi connectivity index (χ1) is 13.2. The Morgan fingerprint density at radius 2 is 2.04 bits per heavy atom. The van der Waals surface area contributed by atoms with Gasteiger partial charge in [0.05, 0.1) is 22.3 Å². The molecule has 1 amide bonds. The number of amides is 1. The molecule has 4 rings (SSSR count). The SMILES string of the molecule is COc1ccccc1CCC(=O)N1CCC[C@@H](c2nc3ccccc3s2)C1. The summed E-state index contributed by atoms with van der Waals surface area (Å²) in [5, 5.41) is 1.17. The first-order valence-electron chi connectivity index (χ1n) is 9.49. The van der Waals surface area contributed by atoms with Crippen molar-refractivity contribution in [2.45, 2.75) is 31.6 Å². The van der Waals surface area contributed by atoms with E-state index >= 15 is 0 Å². The van der Waals surface area contributed by atoms with Crippen LogP contribution in [0, 0.1) is 0 Å². The molecule has 0 bridgehead atoms. The molecule has 1 aromatic heterocycles. The molecule has 140 valence electrons. The number of para-hydroxylation sites is 2. The normalized spacial score (nSPS) is 17.2. The van der Waals surface area contributed by atoms with E-state index in [4.69, 9.17) is 9.72 Å². The van der Waals surface area contributed by atoms with Gasteiger partial charge < -0.3 is 9.64 Å². The number of carbonyl (C=O) groups is 1. The third kappa shape index (κ3) is 3.98. The molecule has 1 saturated heterocycles. The smallest absolute Gasteiger partial charge is 0.222 e. The van der Waals surface area contributed by atoms with Crippen LogP contribution < -0.4 is 4.74 Å². The first kappa shape index (κ1) is 18.0. The maximum Gasteiger partial charge on any atom is 0.222 e. The lowest BCUT2D eigenvalue weighted by molar-refractivity contribution is -0.132. The van der Waals surface area contributed by atoms with E-state index in [1.165, 1.54) is 9.71 Å². The first-order valence-corrected chi connectivity index (χ1v) is 10.3. The molecular weight excluding hydrogens is 356 g/mol. The van der Waals surface area contributed by atoms with Crippen LogP contribution in [0.25, 0.3) is 10.2 Å². The minimum Gasteiger partial charge on any atom is -0.496 e. The Morgan fingerprint density at radius 3 is 2.89 bits per heavy atom. The number of aryl methyl sites for hydroxylation is 1. The van der Waals surface area contributed by atoms with Crippen molar-refractivity contribution in [1.82, 2.24) is 9.88 Å². The maximum absolute atomic E-state index is 12.8. The van der Waals surface area contributed by atoms with Crippen LogP contribution in [0.15, 0.2) is 48.5 Å². The number of hydrogen-bond donors (Lipinski definition) is 0. The highest BCUT2D eigenvalue weighted by atomic mass is 32.1. The van der Waals surface area contributed by atoms with Gasteiger partial charge >= 0.3 is 0 Å². The third-order valence-corrected chi connectivity index (χ3v) is 6.43. The summed E-state index contributed by atoms with van der Waals surface area (Å²) in [6, 6.07) is 16.2. The molecule has 27 heavy (non-hydrogen) atoms. The summed E-state index contributed by atoms with van der Waals surface area (Å²) in [5.74, 6) is 1.44. The number of ether oxygens (including phenoxy) is 1. The summed E-state index contributed by atoms with van der Waals surface area (Å²) < 4.78 is 6.62. The summed E-state index contributed by atoms with van der Waals surface area (Å²) in [6.07, 6.45) is 3.38. The van der Waals surface area contributed by atoms with Crippen LogP contribution in [-0.4, -0.2) is 36.0 Å². The quantitative estimate of drug-likeness (QED) is 0.647. The fraction of sp³-hybridized carbons (Fsp3) is 0.364. The molecule has 4 nitrogen and oxygen atoms in total. The van der Waals surface area contributed by atoms with E-state index < -0.39 is 0 Å². The van der Waals surface area contributed by atoms with E-state index in [0.717, 1.165) is 42.8 Å². The Kier molecular flexibility index (Phi) is 5.39. The van der Waals surface area contributed by atoms with Crippen molar-refractivity contribution in [3.63, 3.8) is 0 Å². The summed E-state index contributed by atoms with van der Waals surface area (Å²) in [7, 11) is 1.67. The second-order valence-corrected chi connectivity index (χ2v) is 8.07. The number of nitrogens with zero attached hydrogens (tertiary/aromatic N) is 2. The Balaban J connectivity index is 1.40. The second-order valence-electron chi connectivity index (χ2n) is 7.01. The van der Waals surface area contributed by atoms with Crippen LogP contribution in [0.5, 0.6) is 5.75 Å². The second kappa shape index (κ2) is 8.09. The number of thiazole rings is 1. The summed E-state index contributed by atoms with van der Waals surface area (Å²) >= 11 is 1.77. The molecule has 1 aliphatic heterocycles. The van der Waals surface area contributed by atoms with Gasteiger partial charge in [0.2, 0.25) is 5.91 Å². The monoisotopic (exact) mass is 380 g/mol. The Labute approximate surface area is 163 Å². The number of methoxy groups -OCH3 is 1. The largest absolute Gasteiger partial charge is 0.496 e. The lowest BCUT2D eigenvalue weighted by Gasteiger charge is -2.32. The van der Waals surface area contributed by atoms with Gasteiger partial charge in [-0.05, 0) is 43.0 Å². The molecular formula is C22H24N2O2S. The fourth-order valence-corrected chi connectivity index (χ4v) is 4.87. The number of piperidine rings is 1. The molecule has 0 unspecified atom stereocenters. The van der Waals surface area contributed by atoms with Gasteiger partial charge in [-0.15, -0.1) is 11.3 Å². The van der Waals surface area contributed by atoms with Crippen LogP contribution in [0.4, 0.5) is 0 Å². The predicted octanol–water partition coefficient (Wildman–Crippen LogP) is 4.64. The highest BCUT2D eigenvalue weighted by Gasteiger charge is 2.26. The van der Waals surface area contributed by atoms with Gasteiger partial charge in [0, 0.05) is 25.4 Å². The Bertz CT molecular complexity index is 904. The molecule has 2 heterocycles. The molecule has 1 fully saturated rings. The van der Waals surface area contributed by atoms with Crippen LogP contribution >= 0.6 is 11.3 Å². The third-order valence-electron chi connectivity index (χ3n) is 5.23. The van der Waals surface area contributed by atoms with E-state index in [9.17, 15) is 4.79 Å². The molecule has 0 saturated carbocycles. The molecule has 2 aromatic carbocycles. The number of fused-ring (bicyclic) bond motifs is 1. The Hall–Kier alpha value is -2.40. The summed E-state index contributed by atoms with van der Waals surface area (Å²) in [6.45, 7) is 1.64. The van der Waals surface area contributed by atoms with Crippen molar-refractivity contribution in [1.29, 1.82) is 0 Å². The molecule has 1 atom stereocenters. The van der Waals surface area contributed by atoms with Gasteiger partial charge in [0.1, 0.15) is 5.75 Å². The molecule has 0 N–H and O–H groups in total. The number of carbonyl (C=O) groups excluding carboxylic acids is 1. The average Bonchev–Trinajstić information content (AvgIpc) is 3.16. The van der Waals surface area contributed by atoms with Gasteiger partial charge in [0.15, 0.2) is 0 Å². The van der Waals surface area contributed by atoms with Gasteiger partial charge in [-0.3, -0.25) is 4.79 Å². The summed E-state index contributed by atoms with van der Waals surface area (Å²) in [4.78, 5) is 19.6. The highest BCUT2D eigenvalue weighted by molar-refractivity contribution is 7.18. The van der Waals surface area contributed by atoms with E-state index in [2.05, 4.69) is 18.2 Å². The highest BCUT2D eigenvalue weighted by Crippen LogP contribution is 2.33. The molecule has 0 aliphatic carbocycles. The minimum atomic E-state index is 0.228. The topological polar surface area (TPSA) is 42.4 Å². The molecule has 3 aromatic rings. The van der Waals surface area contributed by atoms with E-state index in [0.29, 0.717) is 18.8 Å². The van der Waals surface area contributed by atoms with Crippen molar-refractivity contribution in [2.75, 3.05) is 20.2 Å². The maximum atomic E-state index is 12.8. The number of rotatable bonds is 5. The van der Waals surface area contributed by atoms with Crippen molar-refractivity contribution < 1.29 is 9.53 Å². The number of hydrogen-bond acceptors (Lipinski definition) is 4. The zero-order valence-corrected chi connectivity index (χ0v) is 16.4. The van der Waals surface area contributed by atoms with Crippen molar-refractivity contribution >= 4 is 27.5 Å². The molecule has 5 heteroatoms. The number of benzene rings is 2. The van der Waals surface area contributed by atoms with Crippen molar-refractivity contribution in [3.8, 4) is 5.75 Å². The lowest BCUT2D eigenvalue weighted by atomic mass is 9.98. The number of likely N-dealkylation sites (tertiary alicyclic amines) is 1. The van der Waals surface area contributed by atoms with Crippen molar-refractivity contribution in [2.24, 2.45) is 0 Å². The predicted molar refractivity (Wildman–Crippen MR) is 109 cm³/mol. The lowest BCUT2D eigenvalue weighted by Crippen LogP contribution is -2.39. The minimum absolute atomic E-state index is 0.228. The van der Waals surface area contributed by atoms with Gasteiger partial charge in [-0.1, -0.05) is 30.3 Å². The average molecular weight is 381 g/mol. The van der Waals surface area contributed by atoms with Crippen LogP contribution in [0.1, 0.15) is 35.8 Å². The molecule has 0 spiro atoms. The van der Waals surface area contributed by atoms with Gasteiger partial charge in [-0.2, -0.15) is 0 Å². The van der Waals surface area contributed by atoms with Crippen molar-refractivity contribution in [3.05, 3.63) is 59.1 Å². The van der Waals surface area contributed by atoms with E-state index in [-0.39, 0.29) is 5.91 Å². The van der Waals surface area contributed by atoms with Crippen LogP contribution in [0.2, 0.25) is 0 Å². The zero-order chi connectivity index (χ0) is 18.6. The van der Waals surface area contributed by atoms with E-state index in [1.54, 1.807) is 18.4 Å². The van der Waals surface area contributed by atoms with Gasteiger partial charge in [-0.25, -0.2) is 4.98 Å². The van der Waals surface area contributed by atoms with Crippen LogP contribution in [0.3, 0.4) is 0 Å². The summed E-state index contributed by atoms with van der Waals surface area (Å²) in [5.41, 5.74) is 2.16. The zero-order valence-electron chi connectivity index (χ0n) is 15.6. The van der Waals surface area contributed by atoms with E-state index in [1.807, 2.05) is 35.2 Å². The Morgan fingerprint density at radius 1 is 1.22 bits per heavy atom. The molecule has 0 radical (unpaired) electrons. The number of aromatic nitrogens is 1. The molecule has 1 aliphatic rings. The standard InChI is InChI=1S/C22H24N2O2S/c1-26-19-10-4-2-7-16(19)12-13-21(25)24-14-6-8-17(15-24)22-23-18-9-3-5-11-20(18)27-22/h2-5,7,9-11,17H,6,8,12-15H2,1H3/t17-/m1/s1. The van der Waals surface area contributed by atoms with Gasteiger partial charge in [0.25, 0.3) is 0 Å². The fourth-order valence-electron chi connectivity index (χ4n) is 3.78.